The van der Waals surface area contributed by atoms with Crippen molar-refractivity contribution in [1.29, 1.82) is 5.26 Å². The van der Waals surface area contributed by atoms with E-state index in [1.165, 1.54) is 7.11 Å². The first-order valence-corrected chi connectivity index (χ1v) is 6.89. The summed E-state index contributed by atoms with van der Waals surface area (Å²) in [6, 6.07) is 2.15. The molecule has 0 N–H and O–H groups in total. The maximum atomic E-state index is 11.2. The van der Waals surface area contributed by atoms with Crippen LogP contribution in [0.4, 0.5) is 0 Å². The number of hydrogen-bond acceptors (Lipinski definition) is 4. The average molecular weight is 241 g/mol. The summed E-state index contributed by atoms with van der Waals surface area (Å²) in [4.78, 5) is 11.2. The fraction of sp³-hybridized carbons (Fsp3) is 0.833. The summed E-state index contributed by atoms with van der Waals surface area (Å²) in [6.45, 7) is 0. The van der Waals surface area contributed by atoms with Gasteiger partial charge in [0, 0.05) is 6.42 Å². The van der Waals surface area contributed by atoms with Gasteiger partial charge in [-0.25, -0.2) is 0 Å². The molecule has 0 aromatic carbocycles. The second-order valence-corrected chi connectivity index (χ2v) is 5.53. The molecule has 0 amide bonds. The molecule has 0 heterocycles. The highest BCUT2D eigenvalue weighted by atomic mass is 32.2. The summed E-state index contributed by atoms with van der Waals surface area (Å²) in [5.74, 6) is 2.08. The van der Waals surface area contributed by atoms with E-state index in [1.807, 2.05) is 11.8 Å². The molecule has 0 bridgehead atoms. The van der Waals surface area contributed by atoms with E-state index in [9.17, 15) is 4.79 Å². The minimum absolute atomic E-state index is 0.0809. The van der Waals surface area contributed by atoms with E-state index in [0.717, 1.165) is 37.2 Å². The summed E-state index contributed by atoms with van der Waals surface area (Å²) in [5.41, 5.74) is 0.243. The molecular formula is C12H19NO2S. The van der Waals surface area contributed by atoms with Crippen molar-refractivity contribution in [1.82, 2.24) is 0 Å². The van der Waals surface area contributed by atoms with Gasteiger partial charge in [0.25, 0.3) is 0 Å². The fourth-order valence-electron chi connectivity index (χ4n) is 1.62. The topological polar surface area (TPSA) is 50.1 Å². The second kappa shape index (κ2) is 6.80. The van der Waals surface area contributed by atoms with Gasteiger partial charge >= 0.3 is 5.97 Å². The minimum Gasteiger partial charge on any atom is -0.469 e. The predicted molar refractivity (Wildman–Crippen MR) is 65.1 cm³/mol. The molecule has 0 unspecified atom stereocenters. The molecule has 1 saturated carbocycles. The van der Waals surface area contributed by atoms with Gasteiger partial charge in [0.2, 0.25) is 0 Å². The van der Waals surface area contributed by atoms with Crippen molar-refractivity contribution in [3.8, 4) is 6.07 Å². The first-order chi connectivity index (χ1) is 7.72. The smallest absolute Gasteiger partial charge is 0.306 e. The van der Waals surface area contributed by atoms with Crippen molar-refractivity contribution in [2.75, 3.05) is 18.6 Å². The number of unbranched alkanes of at least 4 members (excludes halogenated alkanes) is 2. The van der Waals surface area contributed by atoms with Crippen LogP contribution < -0.4 is 0 Å². The predicted octanol–water partition coefficient (Wildman–Crippen LogP) is 2.76. The van der Waals surface area contributed by atoms with Crippen LogP contribution in [0.2, 0.25) is 0 Å². The van der Waals surface area contributed by atoms with Crippen LogP contribution in [-0.4, -0.2) is 24.6 Å². The molecule has 0 saturated heterocycles. The molecule has 16 heavy (non-hydrogen) atoms. The molecule has 0 aromatic rings. The third kappa shape index (κ3) is 4.89. The lowest BCUT2D eigenvalue weighted by Crippen LogP contribution is -2.13. The van der Waals surface area contributed by atoms with Crippen LogP contribution in [0.15, 0.2) is 0 Å². The van der Waals surface area contributed by atoms with Gasteiger partial charge in [0.1, 0.15) is 0 Å². The Kier molecular flexibility index (Phi) is 5.68. The van der Waals surface area contributed by atoms with Crippen LogP contribution in [0.25, 0.3) is 0 Å². The second-order valence-electron chi connectivity index (χ2n) is 4.42. The van der Waals surface area contributed by atoms with Gasteiger partial charge in [-0.2, -0.15) is 17.0 Å². The van der Waals surface area contributed by atoms with Crippen LogP contribution in [0, 0.1) is 16.7 Å². The van der Waals surface area contributed by atoms with Crippen molar-refractivity contribution in [3.05, 3.63) is 0 Å². The monoisotopic (exact) mass is 241 g/mol. The molecule has 1 rings (SSSR count). The first kappa shape index (κ1) is 13.4. The molecule has 1 aliphatic carbocycles. The maximum Gasteiger partial charge on any atom is 0.306 e. The molecule has 0 aliphatic heterocycles. The van der Waals surface area contributed by atoms with E-state index in [-0.39, 0.29) is 11.4 Å². The molecule has 0 spiro atoms. The van der Waals surface area contributed by atoms with Gasteiger partial charge in [-0.1, -0.05) is 0 Å². The van der Waals surface area contributed by atoms with Gasteiger partial charge in [0.15, 0.2) is 0 Å². The fourth-order valence-corrected chi connectivity index (χ4v) is 3.00. The van der Waals surface area contributed by atoms with Crippen LogP contribution in [0.1, 0.15) is 38.5 Å². The van der Waals surface area contributed by atoms with E-state index in [1.54, 1.807) is 0 Å². The zero-order valence-corrected chi connectivity index (χ0v) is 10.6. The van der Waals surface area contributed by atoms with Crippen molar-refractivity contribution >= 4 is 17.7 Å². The minimum atomic E-state index is -0.0809. The largest absolute Gasteiger partial charge is 0.469 e. The van der Waals surface area contributed by atoms with Gasteiger partial charge in [-0.05, 0) is 42.6 Å². The Morgan fingerprint density at radius 1 is 1.50 bits per heavy atom. The maximum absolute atomic E-state index is 11.2. The lowest BCUT2D eigenvalue weighted by molar-refractivity contribution is -0.141. The Morgan fingerprint density at radius 2 is 2.25 bits per heavy atom. The Balaban J connectivity index is 2.04. The van der Waals surface area contributed by atoms with E-state index >= 15 is 0 Å². The number of nitriles is 1. The molecular weight excluding hydrogens is 222 g/mol. The van der Waals surface area contributed by atoms with Crippen LogP contribution >= 0.6 is 11.8 Å². The van der Waals surface area contributed by atoms with E-state index in [2.05, 4.69) is 6.07 Å². The number of ether oxygens (including phenoxy) is 1. The normalized spacial score (nSPS) is 16.5. The number of methoxy groups -OCH3 is 1. The van der Waals surface area contributed by atoms with Crippen LogP contribution in [-0.2, 0) is 9.53 Å². The third-order valence-electron chi connectivity index (χ3n) is 2.94. The number of nitrogens with zero attached hydrogens (tertiary/aromatic N) is 1. The van der Waals surface area contributed by atoms with E-state index in [0.29, 0.717) is 12.8 Å². The number of thioether (sulfide) groups is 1. The first-order valence-electron chi connectivity index (χ1n) is 5.74. The molecule has 1 fully saturated rings. The van der Waals surface area contributed by atoms with Gasteiger partial charge < -0.3 is 4.74 Å². The summed E-state index contributed by atoms with van der Waals surface area (Å²) < 4.78 is 4.70. The quantitative estimate of drug-likeness (QED) is 0.484. The highest BCUT2D eigenvalue weighted by molar-refractivity contribution is 7.99. The zero-order chi connectivity index (χ0) is 11.9. The van der Waals surface area contributed by atoms with Gasteiger partial charge in [-0.15, -0.1) is 0 Å². The molecule has 0 radical (unpaired) electrons. The highest BCUT2D eigenvalue weighted by Gasteiger charge is 2.44. The molecule has 0 aromatic heterocycles. The van der Waals surface area contributed by atoms with Gasteiger partial charge in [-0.3, -0.25) is 4.79 Å². The third-order valence-corrected chi connectivity index (χ3v) is 4.33. The Hall–Kier alpha value is -0.690. The average Bonchev–Trinajstić information content (AvgIpc) is 3.03. The standard InChI is InChI=1S/C12H19NO2S/c1-15-11(14)9-12(5-6-12)10-16-8-4-2-3-7-13/h2-6,8-10H2,1H3. The molecule has 90 valence electrons. The summed E-state index contributed by atoms with van der Waals surface area (Å²) in [7, 11) is 1.45. The summed E-state index contributed by atoms with van der Waals surface area (Å²) in [6.07, 6.45) is 5.66. The molecule has 0 atom stereocenters. The Labute approximate surface area is 102 Å². The van der Waals surface area contributed by atoms with E-state index in [4.69, 9.17) is 10.00 Å². The number of hydrogen-bond donors (Lipinski definition) is 0. The summed E-state index contributed by atoms with van der Waals surface area (Å²) in [5, 5.41) is 8.38. The molecule has 1 aliphatic rings. The van der Waals surface area contributed by atoms with Crippen LogP contribution in [0.5, 0.6) is 0 Å². The Bertz CT molecular complexity index is 269. The van der Waals surface area contributed by atoms with Crippen molar-refractivity contribution in [2.24, 2.45) is 5.41 Å². The zero-order valence-electron chi connectivity index (χ0n) is 9.83. The highest BCUT2D eigenvalue weighted by Crippen LogP contribution is 2.51. The molecule has 3 nitrogen and oxygen atoms in total. The van der Waals surface area contributed by atoms with Crippen molar-refractivity contribution in [3.63, 3.8) is 0 Å². The van der Waals surface area contributed by atoms with Crippen molar-refractivity contribution in [2.45, 2.75) is 38.5 Å². The van der Waals surface area contributed by atoms with Crippen molar-refractivity contribution < 1.29 is 9.53 Å². The number of rotatable bonds is 8. The summed E-state index contributed by atoms with van der Waals surface area (Å²) >= 11 is 1.91. The lowest BCUT2D eigenvalue weighted by atomic mass is 10.1. The van der Waals surface area contributed by atoms with Crippen LogP contribution in [0.3, 0.4) is 0 Å². The lowest BCUT2D eigenvalue weighted by Gasteiger charge is -2.12. The van der Waals surface area contributed by atoms with Gasteiger partial charge in [0.05, 0.1) is 19.6 Å². The number of esters is 1. The molecule has 4 heteroatoms. The Morgan fingerprint density at radius 3 is 2.81 bits per heavy atom. The SMILES string of the molecule is COC(=O)CC1(CSCCCCC#N)CC1. The van der Waals surface area contributed by atoms with E-state index < -0.39 is 0 Å². The number of carbonyl (C=O) groups is 1. The number of carbonyl (C=O) groups excluding carboxylic acids is 1.